The third-order valence-electron chi connectivity index (χ3n) is 5.16. The average Bonchev–Trinajstić information content (AvgIpc) is 3.08. The smallest absolute Gasteiger partial charge is 0.375 e. The van der Waals surface area contributed by atoms with Crippen LogP contribution >= 0.6 is 0 Å². The van der Waals surface area contributed by atoms with E-state index in [1.165, 1.54) is 5.56 Å². The first-order valence-electron chi connectivity index (χ1n) is 10.4. The molecule has 1 heterocycles. The zero-order valence-corrected chi connectivity index (χ0v) is 18.7. The predicted octanol–water partition coefficient (Wildman–Crippen LogP) is 4.98. The summed E-state index contributed by atoms with van der Waals surface area (Å²) in [6.07, 6.45) is 1.02. The Bertz CT molecular complexity index is 1070. The van der Waals surface area contributed by atoms with E-state index >= 15 is 0 Å². The van der Waals surface area contributed by atoms with Gasteiger partial charge in [-0.05, 0) is 55.5 Å². The SMILES string of the molecule is COc1ccc2oc(C(=O)OCC(=O)N[C@H](C)c3ccc(CC(C)C)cc3)c(C)c2c1. The van der Waals surface area contributed by atoms with E-state index < -0.39 is 5.97 Å². The summed E-state index contributed by atoms with van der Waals surface area (Å²) in [7, 11) is 1.57. The van der Waals surface area contributed by atoms with Gasteiger partial charge in [0.05, 0.1) is 13.2 Å². The van der Waals surface area contributed by atoms with E-state index in [2.05, 4.69) is 31.3 Å². The fourth-order valence-electron chi connectivity index (χ4n) is 3.50. The molecule has 1 N–H and O–H groups in total. The van der Waals surface area contributed by atoms with Crippen LogP contribution in [0.4, 0.5) is 0 Å². The molecule has 0 aliphatic carbocycles. The second kappa shape index (κ2) is 9.69. The summed E-state index contributed by atoms with van der Waals surface area (Å²) in [5, 5.41) is 3.62. The van der Waals surface area contributed by atoms with Gasteiger partial charge in [0.15, 0.2) is 6.61 Å². The molecule has 1 atom stereocenters. The van der Waals surface area contributed by atoms with Crippen molar-refractivity contribution in [2.45, 2.75) is 40.2 Å². The quantitative estimate of drug-likeness (QED) is 0.517. The van der Waals surface area contributed by atoms with Gasteiger partial charge in [-0.15, -0.1) is 0 Å². The number of rotatable bonds is 8. The fraction of sp³-hybridized carbons (Fsp3) is 0.360. The minimum atomic E-state index is -0.673. The molecular weight excluding hydrogens is 394 g/mol. The summed E-state index contributed by atoms with van der Waals surface area (Å²) in [6.45, 7) is 7.65. The lowest BCUT2D eigenvalue weighted by Crippen LogP contribution is -2.31. The third-order valence-corrected chi connectivity index (χ3v) is 5.16. The number of ether oxygens (including phenoxy) is 2. The number of fused-ring (bicyclic) bond motifs is 1. The molecule has 1 aromatic heterocycles. The first-order valence-corrected chi connectivity index (χ1v) is 10.4. The van der Waals surface area contributed by atoms with Gasteiger partial charge in [-0.3, -0.25) is 4.79 Å². The minimum absolute atomic E-state index is 0.0878. The molecule has 6 heteroatoms. The highest BCUT2D eigenvalue weighted by Gasteiger charge is 2.21. The topological polar surface area (TPSA) is 77.8 Å². The summed E-state index contributed by atoms with van der Waals surface area (Å²) in [4.78, 5) is 24.7. The van der Waals surface area contributed by atoms with Crippen molar-refractivity contribution in [3.05, 3.63) is 64.9 Å². The van der Waals surface area contributed by atoms with Gasteiger partial charge >= 0.3 is 5.97 Å². The van der Waals surface area contributed by atoms with Crippen LogP contribution in [0.25, 0.3) is 11.0 Å². The predicted molar refractivity (Wildman–Crippen MR) is 119 cm³/mol. The van der Waals surface area contributed by atoms with Gasteiger partial charge in [0, 0.05) is 10.9 Å². The van der Waals surface area contributed by atoms with E-state index in [9.17, 15) is 9.59 Å². The maximum atomic E-state index is 12.4. The van der Waals surface area contributed by atoms with Crippen molar-refractivity contribution in [2.75, 3.05) is 13.7 Å². The van der Waals surface area contributed by atoms with Crippen LogP contribution in [-0.4, -0.2) is 25.6 Å². The van der Waals surface area contributed by atoms with Crippen molar-refractivity contribution in [3.63, 3.8) is 0 Å². The zero-order valence-electron chi connectivity index (χ0n) is 18.7. The number of carbonyl (C=O) groups is 2. The van der Waals surface area contributed by atoms with Crippen molar-refractivity contribution >= 4 is 22.8 Å². The monoisotopic (exact) mass is 423 g/mol. The Balaban J connectivity index is 1.57. The Morgan fingerprint density at radius 1 is 1.06 bits per heavy atom. The fourth-order valence-corrected chi connectivity index (χ4v) is 3.50. The van der Waals surface area contributed by atoms with Crippen LogP contribution in [-0.2, 0) is 16.0 Å². The lowest BCUT2D eigenvalue weighted by atomic mass is 10.00. The zero-order chi connectivity index (χ0) is 22.5. The van der Waals surface area contributed by atoms with E-state index in [1.807, 2.05) is 19.1 Å². The molecule has 0 spiro atoms. The largest absolute Gasteiger partial charge is 0.497 e. The number of amides is 1. The molecule has 0 saturated carbocycles. The first-order chi connectivity index (χ1) is 14.8. The number of aryl methyl sites for hydroxylation is 1. The van der Waals surface area contributed by atoms with Crippen LogP contribution in [0, 0.1) is 12.8 Å². The summed E-state index contributed by atoms with van der Waals surface area (Å²) < 4.78 is 16.0. The van der Waals surface area contributed by atoms with Gasteiger partial charge in [-0.1, -0.05) is 38.1 Å². The molecule has 0 bridgehead atoms. The van der Waals surface area contributed by atoms with Gasteiger partial charge in [0.25, 0.3) is 5.91 Å². The van der Waals surface area contributed by atoms with E-state index in [0.717, 1.165) is 17.4 Å². The minimum Gasteiger partial charge on any atom is -0.497 e. The van der Waals surface area contributed by atoms with Crippen LogP contribution in [0.15, 0.2) is 46.9 Å². The number of furan rings is 1. The van der Waals surface area contributed by atoms with Crippen LogP contribution in [0.5, 0.6) is 5.75 Å². The maximum absolute atomic E-state index is 12.4. The van der Waals surface area contributed by atoms with Crippen molar-refractivity contribution in [2.24, 2.45) is 5.92 Å². The highest BCUT2D eigenvalue weighted by Crippen LogP contribution is 2.29. The van der Waals surface area contributed by atoms with Crippen LogP contribution in [0.2, 0.25) is 0 Å². The number of methoxy groups -OCH3 is 1. The summed E-state index contributed by atoms with van der Waals surface area (Å²) in [5.74, 6) is 0.304. The molecule has 2 aromatic carbocycles. The number of nitrogens with one attached hydrogen (secondary N) is 1. The lowest BCUT2D eigenvalue weighted by Gasteiger charge is -2.15. The highest BCUT2D eigenvalue weighted by molar-refractivity contribution is 5.97. The van der Waals surface area contributed by atoms with Crippen molar-refractivity contribution < 1.29 is 23.5 Å². The van der Waals surface area contributed by atoms with Crippen molar-refractivity contribution in [1.82, 2.24) is 5.32 Å². The van der Waals surface area contributed by atoms with E-state index in [1.54, 1.807) is 32.2 Å². The Labute approximate surface area is 182 Å². The normalized spacial score (nSPS) is 12.1. The van der Waals surface area contributed by atoms with E-state index in [4.69, 9.17) is 13.9 Å². The standard InChI is InChI=1S/C25H29NO5/c1-15(2)12-18-6-8-19(9-7-18)17(4)26-23(27)14-30-25(28)24-16(3)21-13-20(29-5)10-11-22(21)31-24/h6-11,13,15,17H,12,14H2,1-5H3,(H,26,27)/t17-/m1/s1. The molecule has 0 saturated heterocycles. The summed E-state index contributed by atoms with van der Waals surface area (Å²) in [5.41, 5.74) is 3.47. The van der Waals surface area contributed by atoms with Gasteiger partial charge in [0.1, 0.15) is 11.3 Å². The molecule has 6 nitrogen and oxygen atoms in total. The lowest BCUT2D eigenvalue weighted by molar-refractivity contribution is -0.124. The molecule has 0 aliphatic heterocycles. The van der Waals surface area contributed by atoms with Crippen LogP contribution in [0.3, 0.4) is 0 Å². The van der Waals surface area contributed by atoms with Gasteiger partial charge < -0.3 is 19.2 Å². The number of carbonyl (C=O) groups excluding carboxylic acids is 2. The molecule has 0 radical (unpaired) electrons. The highest BCUT2D eigenvalue weighted by atomic mass is 16.5. The average molecular weight is 424 g/mol. The van der Waals surface area contributed by atoms with Gasteiger partial charge in [0.2, 0.25) is 5.76 Å². The first kappa shape index (κ1) is 22.4. The molecule has 0 fully saturated rings. The molecule has 164 valence electrons. The van der Waals surface area contributed by atoms with E-state index in [-0.39, 0.29) is 24.3 Å². The molecule has 0 unspecified atom stereocenters. The summed E-state index contributed by atoms with van der Waals surface area (Å²) >= 11 is 0. The third kappa shape index (κ3) is 5.45. The number of hydrogen-bond donors (Lipinski definition) is 1. The van der Waals surface area contributed by atoms with Gasteiger partial charge in [-0.2, -0.15) is 0 Å². The Morgan fingerprint density at radius 3 is 2.42 bits per heavy atom. The molecular formula is C25H29NO5. The molecule has 3 aromatic rings. The second-order valence-electron chi connectivity index (χ2n) is 8.12. The number of hydrogen-bond acceptors (Lipinski definition) is 5. The van der Waals surface area contributed by atoms with E-state index in [0.29, 0.717) is 22.8 Å². The van der Waals surface area contributed by atoms with Crippen LogP contribution < -0.4 is 10.1 Å². The van der Waals surface area contributed by atoms with Crippen LogP contribution in [0.1, 0.15) is 54.1 Å². The Morgan fingerprint density at radius 2 is 1.77 bits per heavy atom. The molecule has 31 heavy (non-hydrogen) atoms. The Hall–Kier alpha value is -3.28. The second-order valence-corrected chi connectivity index (χ2v) is 8.12. The maximum Gasteiger partial charge on any atom is 0.375 e. The van der Waals surface area contributed by atoms with Gasteiger partial charge in [-0.25, -0.2) is 4.79 Å². The van der Waals surface area contributed by atoms with Crippen molar-refractivity contribution in [1.29, 1.82) is 0 Å². The molecule has 0 aliphatic rings. The summed E-state index contributed by atoms with van der Waals surface area (Å²) in [6, 6.07) is 13.3. The number of esters is 1. The Kier molecular flexibility index (Phi) is 7.00. The van der Waals surface area contributed by atoms with Crippen molar-refractivity contribution in [3.8, 4) is 5.75 Å². The molecule has 1 amide bonds. The molecule has 3 rings (SSSR count). The number of benzene rings is 2.